The maximum Gasteiger partial charge on any atom is 0.343 e. The van der Waals surface area contributed by atoms with Crippen LogP contribution in [0.1, 0.15) is 33.1 Å². The molecule has 17 heavy (non-hydrogen) atoms. The van der Waals surface area contributed by atoms with E-state index in [0.29, 0.717) is 12.6 Å². The third-order valence-corrected chi connectivity index (χ3v) is 3.93. The van der Waals surface area contributed by atoms with Crippen molar-refractivity contribution in [1.82, 2.24) is 20.1 Å². The molecule has 0 aliphatic carbocycles. The van der Waals surface area contributed by atoms with Gasteiger partial charge in [-0.15, -0.1) is 5.10 Å². The minimum Gasteiger partial charge on any atom is -0.317 e. The molecule has 0 aliphatic rings. The van der Waals surface area contributed by atoms with Crippen molar-refractivity contribution in [1.29, 1.82) is 0 Å². The molecule has 1 heterocycles. The van der Waals surface area contributed by atoms with Crippen LogP contribution in [-0.4, -0.2) is 33.6 Å². The lowest BCUT2D eigenvalue weighted by molar-refractivity contribution is 0.504. The third-order valence-electron chi connectivity index (χ3n) is 2.87. The Labute approximate surface area is 106 Å². The summed E-state index contributed by atoms with van der Waals surface area (Å²) < 4.78 is 1.67. The standard InChI is InChI=1S/C11H22N4OS/c1-4-9(12-3)7-6-8-17-11-14-13-10(16)15(11)5-2/h9,12H,4-8H2,1-3H3,(H,13,16). The topological polar surface area (TPSA) is 62.7 Å². The van der Waals surface area contributed by atoms with Crippen molar-refractivity contribution in [3.8, 4) is 0 Å². The second-order valence-corrected chi connectivity index (χ2v) is 5.00. The fourth-order valence-electron chi connectivity index (χ4n) is 1.74. The zero-order valence-electron chi connectivity index (χ0n) is 10.8. The molecule has 1 aromatic heterocycles. The lowest BCUT2D eigenvalue weighted by Gasteiger charge is -2.12. The average Bonchev–Trinajstić information content (AvgIpc) is 2.70. The summed E-state index contributed by atoms with van der Waals surface area (Å²) >= 11 is 1.65. The van der Waals surface area contributed by atoms with E-state index in [1.807, 2.05) is 14.0 Å². The first-order valence-electron chi connectivity index (χ1n) is 6.18. The highest BCUT2D eigenvalue weighted by Crippen LogP contribution is 2.15. The van der Waals surface area contributed by atoms with E-state index in [4.69, 9.17) is 0 Å². The van der Waals surface area contributed by atoms with Crippen LogP contribution in [0.15, 0.2) is 9.95 Å². The largest absolute Gasteiger partial charge is 0.343 e. The quantitative estimate of drug-likeness (QED) is 0.547. The van der Waals surface area contributed by atoms with E-state index in [1.54, 1.807) is 16.3 Å². The van der Waals surface area contributed by atoms with Crippen LogP contribution in [0.2, 0.25) is 0 Å². The highest BCUT2D eigenvalue weighted by molar-refractivity contribution is 7.99. The van der Waals surface area contributed by atoms with Gasteiger partial charge in [0.15, 0.2) is 5.16 Å². The zero-order valence-corrected chi connectivity index (χ0v) is 11.6. The molecule has 0 saturated heterocycles. The number of hydrogen-bond acceptors (Lipinski definition) is 4. The molecule has 0 spiro atoms. The SMILES string of the molecule is CCC(CCCSc1n[nH]c(=O)n1CC)NC. The van der Waals surface area contributed by atoms with E-state index in [0.717, 1.165) is 23.8 Å². The Bertz CT molecular complexity index is 370. The summed E-state index contributed by atoms with van der Waals surface area (Å²) in [5.74, 6) is 1.00. The molecule has 98 valence electrons. The second-order valence-electron chi connectivity index (χ2n) is 3.94. The van der Waals surface area contributed by atoms with Gasteiger partial charge in [0.25, 0.3) is 0 Å². The van der Waals surface area contributed by atoms with Gasteiger partial charge in [0.2, 0.25) is 0 Å². The first-order valence-corrected chi connectivity index (χ1v) is 7.16. The minimum absolute atomic E-state index is 0.114. The Hall–Kier alpha value is -0.750. The molecule has 0 amide bonds. The molecule has 1 rings (SSSR count). The number of nitrogens with zero attached hydrogens (tertiary/aromatic N) is 2. The highest BCUT2D eigenvalue weighted by Gasteiger charge is 2.07. The van der Waals surface area contributed by atoms with Crippen molar-refractivity contribution in [3.05, 3.63) is 10.5 Å². The molecule has 0 radical (unpaired) electrons. The number of thioether (sulfide) groups is 1. The molecule has 1 unspecified atom stereocenters. The van der Waals surface area contributed by atoms with E-state index in [-0.39, 0.29) is 5.69 Å². The fraction of sp³-hybridized carbons (Fsp3) is 0.818. The molecule has 0 saturated carbocycles. The van der Waals surface area contributed by atoms with E-state index >= 15 is 0 Å². The molecule has 0 aliphatic heterocycles. The normalized spacial score (nSPS) is 12.9. The van der Waals surface area contributed by atoms with E-state index < -0.39 is 0 Å². The summed E-state index contributed by atoms with van der Waals surface area (Å²) in [6, 6.07) is 0.600. The number of aromatic nitrogens is 3. The molecule has 1 aromatic rings. The van der Waals surface area contributed by atoms with Crippen LogP contribution in [-0.2, 0) is 6.54 Å². The summed E-state index contributed by atoms with van der Waals surface area (Å²) in [6.07, 6.45) is 3.46. The monoisotopic (exact) mass is 258 g/mol. The molecular weight excluding hydrogens is 236 g/mol. The Morgan fingerprint density at radius 3 is 2.88 bits per heavy atom. The molecule has 0 bridgehead atoms. The molecule has 1 atom stereocenters. The van der Waals surface area contributed by atoms with Crippen LogP contribution >= 0.6 is 11.8 Å². The van der Waals surface area contributed by atoms with Gasteiger partial charge in [-0.3, -0.25) is 4.57 Å². The van der Waals surface area contributed by atoms with Gasteiger partial charge in [-0.25, -0.2) is 9.89 Å². The van der Waals surface area contributed by atoms with Gasteiger partial charge < -0.3 is 5.32 Å². The molecule has 2 N–H and O–H groups in total. The van der Waals surface area contributed by atoms with Gasteiger partial charge >= 0.3 is 5.69 Å². The number of H-pyrrole nitrogens is 1. The summed E-state index contributed by atoms with van der Waals surface area (Å²) in [5.41, 5.74) is -0.114. The number of aromatic amines is 1. The maximum absolute atomic E-state index is 11.3. The van der Waals surface area contributed by atoms with Crippen LogP contribution in [0.5, 0.6) is 0 Å². The average molecular weight is 258 g/mol. The highest BCUT2D eigenvalue weighted by atomic mass is 32.2. The van der Waals surface area contributed by atoms with Crippen molar-refractivity contribution in [2.45, 2.75) is 50.9 Å². The fourth-order valence-corrected chi connectivity index (χ4v) is 2.71. The summed E-state index contributed by atoms with van der Waals surface area (Å²) in [5, 5.41) is 10.6. The van der Waals surface area contributed by atoms with Crippen LogP contribution in [0.4, 0.5) is 0 Å². The summed E-state index contributed by atoms with van der Waals surface area (Å²) in [7, 11) is 2.00. The smallest absolute Gasteiger partial charge is 0.317 e. The van der Waals surface area contributed by atoms with Gasteiger partial charge in [-0.2, -0.15) is 0 Å². The van der Waals surface area contributed by atoms with Crippen LogP contribution in [0.3, 0.4) is 0 Å². The first-order chi connectivity index (χ1) is 8.22. The number of nitrogens with one attached hydrogen (secondary N) is 2. The van der Waals surface area contributed by atoms with Gasteiger partial charge in [-0.1, -0.05) is 18.7 Å². The van der Waals surface area contributed by atoms with Gasteiger partial charge in [0, 0.05) is 18.3 Å². The van der Waals surface area contributed by atoms with Crippen molar-refractivity contribution in [3.63, 3.8) is 0 Å². The Morgan fingerprint density at radius 1 is 1.53 bits per heavy atom. The summed E-state index contributed by atoms with van der Waals surface area (Å²) in [6.45, 7) is 4.82. The van der Waals surface area contributed by atoms with Gasteiger partial charge in [0.05, 0.1) is 0 Å². The molecule has 5 nitrogen and oxygen atoms in total. The predicted octanol–water partition coefficient (Wildman–Crippen LogP) is 1.46. The van der Waals surface area contributed by atoms with E-state index in [2.05, 4.69) is 22.4 Å². The lowest BCUT2D eigenvalue weighted by Crippen LogP contribution is -2.24. The van der Waals surface area contributed by atoms with Crippen molar-refractivity contribution in [2.75, 3.05) is 12.8 Å². The second kappa shape index (κ2) is 7.55. The predicted molar refractivity (Wildman–Crippen MR) is 71.6 cm³/mol. The maximum atomic E-state index is 11.3. The Kier molecular flexibility index (Phi) is 6.36. The van der Waals surface area contributed by atoms with Crippen LogP contribution in [0.25, 0.3) is 0 Å². The van der Waals surface area contributed by atoms with Crippen molar-refractivity contribution < 1.29 is 0 Å². The number of hydrogen-bond donors (Lipinski definition) is 2. The van der Waals surface area contributed by atoms with Crippen molar-refractivity contribution >= 4 is 11.8 Å². The Morgan fingerprint density at radius 2 is 2.29 bits per heavy atom. The molecule has 0 fully saturated rings. The summed E-state index contributed by atoms with van der Waals surface area (Å²) in [4.78, 5) is 11.3. The first kappa shape index (κ1) is 14.3. The van der Waals surface area contributed by atoms with Crippen molar-refractivity contribution in [2.24, 2.45) is 0 Å². The zero-order chi connectivity index (χ0) is 12.7. The van der Waals surface area contributed by atoms with E-state index in [1.165, 1.54) is 6.42 Å². The van der Waals surface area contributed by atoms with Crippen LogP contribution < -0.4 is 11.0 Å². The molecule has 6 heteroatoms. The minimum atomic E-state index is -0.114. The Balaban J connectivity index is 2.33. The lowest BCUT2D eigenvalue weighted by atomic mass is 10.1. The molecule has 0 aromatic carbocycles. The third kappa shape index (κ3) is 4.20. The van der Waals surface area contributed by atoms with Gasteiger partial charge in [-0.05, 0) is 33.2 Å². The molecular formula is C11H22N4OS. The van der Waals surface area contributed by atoms with Crippen LogP contribution in [0, 0.1) is 0 Å². The van der Waals surface area contributed by atoms with Gasteiger partial charge in [0.1, 0.15) is 0 Å². The number of rotatable bonds is 8. The van der Waals surface area contributed by atoms with E-state index in [9.17, 15) is 4.79 Å².